The summed E-state index contributed by atoms with van der Waals surface area (Å²) in [6.45, 7) is 0. The fourth-order valence-electron chi connectivity index (χ4n) is 1.16. The number of para-hydroxylation sites is 1. The lowest BCUT2D eigenvalue weighted by atomic mass is 10.3. The Morgan fingerprint density at radius 2 is 1.77 bits per heavy atom. The summed E-state index contributed by atoms with van der Waals surface area (Å²) in [6.07, 6.45) is 1.64. The summed E-state index contributed by atoms with van der Waals surface area (Å²) in [6, 6.07) is 10.9. The van der Waals surface area contributed by atoms with Crippen molar-refractivity contribution >= 4 is 0 Å². The maximum absolute atomic E-state index is 9.38. The molecule has 1 heterocycles. The number of nitrogens with zero attached hydrogens (tertiary/aromatic N) is 2. The summed E-state index contributed by atoms with van der Waals surface area (Å²) in [5.41, 5.74) is 0.882. The molecule has 2 aromatic rings. The molecule has 0 radical (unpaired) electrons. The third-order valence-electron chi connectivity index (χ3n) is 1.81. The van der Waals surface area contributed by atoms with Gasteiger partial charge in [-0.1, -0.05) is 18.2 Å². The first-order chi connectivity index (χ1) is 6.29. The summed E-state index contributed by atoms with van der Waals surface area (Å²) in [5, 5.41) is 16.7. The van der Waals surface area contributed by atoms with Gasteiger partial charge in [0.05, 0.1) is 5.69 Å². The van der Waals surface area contributed by atoms with Gasteiger partial charge in [0.2, 0.25) is 0 Å². The van der Waals surface area contributed by atoms with E-state index >= 15 is 0 Å². The standard InChI is InChI=1S/C9H9N3O/c10-9-6-7-11(12(9)13)8-4-2-1-3-5-8/h1-7,10,13H. The molecule has 0 unspecified atom stereocenters. The molecule has 4 nitrogen and oxygen atoms in total. The van der Waals surface area contributed by atoms with Gasteiger partial charge in [-0.15, -0.1) is 4.85 Å². The van der Waals surface area contributed by atoms with Crippen molar-refractivity contribution in [1.82, 2.24) is 9.53 Å². The molecule has 0 bridgehead atoms. The Morgan fingerprint density at radius 3 is 2.31 bits per heavy atom. The highest BCUT2D eigenvalue weighted by Crippen LogP contribution is 2.03. The minimum Gasteiger partial charge on any atom is -0.411 e. The number of hydrogen-bond donors (Lipinski definition) is 2. The maximum Gasteiger partial charge on any atom is 0.182 e. The van der Waals surface area contributed by atoms with Crippen LogP contribution in [0.3, 0.4) is 0 Å². The number of benzene rings is 1. The number of rotatable bonds is 1. The number of nitrogens with one attached hydrogen (secondary N) is 1. The molecule has 0 aliphatic carbocycles. The number of hydrogen-bond acceptors (Lipinski definition) is 2. The van der Waals surface area contributed by atoms with Crippen molar-refractivity contribution in [3.8, 4) is 5.69 Å². The van der Waals surface area contributed by atoms with Crippen molar-refractivity contribution in [2.45, 2.75) is 0 Å². The first-order valence-electron chi connectivity index (χ1n) is 3.89. The van der Waals surface area contributed by atoms with Gasteiger partial charge in [0, 0.05) is 12.3 Å². The lowest BCUT2D eigenvalue weighted by molar-refractivity contribution is 0.116. The average Bonchev–Trinajstić information content (AvgIpc) is 2.49. The monoisotopic (exact) mass is 175 g/mol. The summed E-state index contributed by atoms with van der Waals surface area (Å²) < 4.78 is 1.49. The smallest absolute Gasteiger partial charge is 0.182 e. The highest BCUT2D eigenvalue weighted by molar-refractivity contribution is 5.29. The molecule has 0 amide bonds. The van der Waals surface area contributed by atoms with E-state index in [4.69, 9.17) is 5.41 Å². The highest BCUT2D eigenvalue weighted by Gasteiger charge is 1.99. The summed E-state index contributed by atoms with van der Waals surface area (Å²) >= 11 is 0. The van der Waals surface area contributed by atoms with Gasteiger partial charge in [-0.25, -0.2) is 4.68 Å². The SMILES string of the molecule is N=c1ccn(-c2ccccc2)n1O. The van der Waals surface area contributed by atoms with Crippen molar-refractivity contribution < 1.29 is 5.21 Å². The second-order valence-corrected chi connectivity index (χ2v) is 2.67. The van der Waals surface area contributed by atoms with E-state index in [1.807, 2.05) is 30.3 Å². The minimum absolute atomic E-state index is 0.0591. The van der Waals surface area contributed by atoms with Gasteiger partial charge in [0.15, 0.2) is 5.49 Å². The Labute approximate surface area is 74.7 Å². The van der Waals surface area contributed by atoms with Crippen LogP contribution in [-0.2, 0) is 0 Å². The molecule has 0 aliphatic rings. The molecule has 2 N–H and O–H groups in total. The first-order valence-corrected chi connectivity index (χ1v) is 3.89. The Balaban J connectivity index is 2.60. The second kappa shape index (κ2) is 2.82. The quantitative estimate of drug-likeness (QED) is 0.624. The third kappa shape index (κ3) is 1.22. The highest BCUT2D eigenvalue weighted by atomic mass is 16.5. The van der Waals surface area contributed by atoms with E-state index in [0.717, 1.165) is 10.5 Å². The van der Waals surface area contributed by atoms with E-state index in [-0.39, 0.29) is 5.49 Å². The van der Waals surface area contributed by atoms with Crippen LogP contribution >= 0.6 is 0 Å². The van der Waals surface area contributed by atoms with Crippen LogP contribution in [0.15, 0.2) is 42.6 Å². The van der Waals surface area contributed by atoms with Crippen molar-refractivity contribution in [2.24, 2.45) is 0 Å². The topological polar surface area (TPSA) is 53.9 Å². The van der Waals surface area contributed by atoms with Crippen LogP contribution < -0.4 is 5.49 Å². The second-order valence-electron chi connectivity index (χ2n) is 2.67. The van der Waals surface area contributed by atoms with Gasteiger partial charge in [0.25, 0.3) is 0 Å². The van der Waals surface area contributed by atoms with E-state index in [1.54, 1.807) is 6.20 Å². The molecule has 0 saturated carbocycles. The molecular weight excluding hydrogens is 166 g/mol. The Bertz CT molecular complexity index is 455. The van der Waals surface area contributed by atoms with Crippen molar-refractivity contribution in [1.29, 1.82) is 5.41 Å². The number of aromatic nitrogens is 2. The van der Waals surface area contributed by atoms with Crippen molar-refractivity contribution in [2.75, 3.05) is 0 Å². The van der Waals surface area contributed by atoms with Crippen LogP contribution in [0.2, 0.25) is 0 Å². The lowest BCUT2D eigenvalue weighted by Crippen LogP contribution is -2.18. The zero-order chi connectivity index (χ0) is 9.26. The molecule has 0 saturated heterocycles. The molecule has 1 aromatic carbocycles. The molecule has 0 spiro atoms. The van der Waals surface area contributed by atoms with Gasteiger partial charge in [-0.2, -0.15) is 0 Å². The molecule has 0 aliphatic heterocycles. The van der Waals surface area contributed by atoms with E-state index in [2.05, 4.69) is 0 Å². The Morgan fingerprint density at radius 1 is 1.08 bits per heavy atom. The van der Waals surface area contributed by atoms with Crippen molar-refractivity contribution in [3.05, 3.63) is 48.1 Å². The molecule has 0 fully saturated rings. The zero-order valence-corrected chi connectivity index (χ0v) is 6.88. The van der Waals surface area contributed by atoms with Gasteiger partial charge in [0.1, 0.15) is 0 Å². The molecule has 13 heavy (non-hydrogen) atoms. The predicted octanol–water partition coefficient (Wildman–Crippen LogP) is 0.996. The minimum atomic E-state index is 0.0591. The zero-order valence-electron chi connectivity index (χ0n) is 6.88. The fourth-order valence-corrected chi connectivity index (χ4v) is 1.16. The molecule has 66 valence electrons. The molecule has 2 rings (SSSR count). The van der Waals surface area contributed by atoms with Crippen LogP contribution in [0.1, 0.15) is 0 Å². The van der Waals surface area contributed by atoms with E-state index in [1.165, 1.54) is 10.7 Å². The van der Waals surface area contributed by atoms with Gasteiger partial charge in [-0.3, -0.25) is 5.41 Å². The van der Waals surface area contributed by atoms with Crippen LogP contribution in [0.4, 0.5) is 0 Å². The molecule has 4 heteroatoms. The summed E-state index contributed by atoms with van der Waals surface area (Å²) in [4.78, 5) is 0.787. The first kappa shape index (κ1) is 7.67. The van der Waals surface area contributed by atoms with Crippen LogP contribution in [-0.4, -0.2) is 14.7 Å². The Kier molecular flexibility index (Phi) is 1.66. The van der Waals surface area contributed by atoms with Crippen molar-refractivity contribution in [3.63, 3.8) is 0 Å². The summed E-state index contributed by atoms with van der Waals surface area (Å²) in [7, 11) is 0. The average molecular weight is 175 g/mol. The van der Waals surface area contributed by atoms with Crippen LogP contribution in [0.5, 0.6) is 0 Å². The van der Waals surface area contributed by atoms with E-state index < -0.39 is 0 Å². The van der Waals surface area contributed by atoms with E-state index in [9.17, 15) is 5.21 Å². The maximum atomic E-state index is 9.38. The van der Waals surface area contributed by atoms with Crippen LogP contribution in [0.25, 0.3) is 5.69 Å². The van der Waals surface area contributed by atoms with Gasteiger partial charge >= 0.3 is 0 Å². The molecule has 0 atom stereocenters. The third-order valence-corrected chi connectivity index (χ3v) is 1.81. The summed E-state index contributed by atoms with van der Waals surface area (Å²) in [5.74, 6) is 0. The normalized spacial score (nSPS) is 10.2. The van der Waals surface area contributed by atoms with Gasteiger partial charge < -0.3 is 5.21 Å². The predicted molar refractivity (Wildman–Crippen MR) is 46.8 cm³/mol. The molecule has 1 aromatic heterocycles. The van der Waals surface area contributed by atoms with Crippen LogP contribution in [0, 0.1) is 5.41 Å². The Hall–Kier alpha value is -1.97. The largest absolute Gasteiger partial charge is 0.411 e. The molecular formula is C9H9N3O. The van der Waals surface area contributed by atoms with Gasteiger partial charge in [-0.05, 0) is 12.1 Å². The fraction of sp³-hybridized carbons (Fsp3) is 0. The lowest BCUT2D eigenvalue weighted by Gasteiger charge is -2.04. The van der Waals surface area contributed by atoms with E-state index in [0.29, 0.717) is 0 Å².